The highest BCUT2D eigenvalue weighted by atomic mass is 16.6. The van der Waals surface area contributed by atoms with E-state index in [0.717, 1.165) is 30.8 Å². The minimum absolute atomic E-state index is 0.147. The van der Waals surface area contributed by atoms with Gasteiger partial charge in [-0.3, -0.25) is 9.69 Å². The number of oxazole rings is 1. The number of amides is 2. The van der Waals surface area contributed by atoms with Crippen LogP contribution in [0, 0.1) is 6.92 Å². The molecule has 1 fully saturated rings. The first kappa shape index (κ1) is 20.9. The third kappa shape index (κ3) is 5.35. The molecule has 2 heterocycles. The van der Waals surface area contributed by atoms with Gasteiger partial charge in [-0.2, -0.15) is 0 Å². The van der Waals surface area contributed by atoms with Crippen molar-refractivity contribution in [3.05, 3.63) is 41.4 Å². The number of aromatic nitrogens is 1. The summed E-state index contributed by atoms with van der Waals surface area (Å²) in [6, 6.07) is 7.80. The summed E-state index contributed by atoms with van der Waals surface area (Å²) in [5, 5.41) is 0. The Morgan fingerprint density at radius 1 is 1.14 bits per heavy atom. The van der Waals surface area contributed by atoms with E-state index in [4.69, 9.17) is 14.9 Å². The number of nitrogens with two attached hydrogens (primary N) is 1. The van der Waals surface area contributed by atoms with Gasteiger partial charge in [-0.05, 0) is 26.3 Å². The Morgan fingerprint density at radius 3 is 2.31 bits per heavy atom. The second-order valence-corrected chi connectivity index (χ2v) is 8.22. The lowest BCUT2D eigenvalue weighted by atomic mass is 10.1. The molecule has 0 atom stereocenters. The Morgan fingerprint density at radius 2 is 1.76 bits per heavy atom. The van der Waals surface area contributed by atoms with Gasteiger partial charge in [0.15, 0.2) is 17.3 Å². The summed E-state index contributed by atoms with van der Waals surface area (Å²) < 4.78 is 11.0. The van der Waals surface area contributed by atoms with Crippen LogP contribution in [0.15, 0.2) is 28.7 Å². The SMILES string of the molecule is Cc1nc(C(N)=O)c(-c2ccc(CN3CCN(C(=O)OC(C)(C)C)CC3)cc2)o1. The summed E-state index contributed by atoms with van der Waals surface area (Å²) >= 11 is 0. The van der Waals surface area contributed by atoms with Crippen molar-refractivity contribution in [3.8, 4) is 11.3 Å². The second-order valence-electron chi connectivity index (χ2n) is 8.22. The Hall–Kier alpha value is -2.87. The Balaban J connectivity index is 1.58. The number of ether oxygens (including phenoxy) is 1. The molecule has 156 valence electrons. The van der Waals surface area contributed by atoms with Crippen LogP contribution >= 0.6 is 0 Å². The molecule has 2 amide bonds. The van der Waals surface area contributed by atoms with Crippen molar-refractivity contribution < 1.29 is 18.7 Å². The first-order chi connectivity index (χ1) is 13.6. The highest BCUT2D eigenvalue weighted by Crippen LogP contribution is 2.25. The van der Waals surface area contributed by atoms with Gasteiger partial charge >= 0.3 is 6.09 Å². The number of primary amides is 1. The van der Waals surface area contributed by atoms with E-state index in [0.29, 0.717) is 24.7 Å². The van der Waals surface area contributed by atoms with Gasteiger partial charge in [-0.1, -0.05) is 24.3 Å². The van der Waals surface area contributed by atoms with Gasteiger partial charge in [-0.25, -0.2) is 9.78 Å². The van der Waals surface area contributed by atoms with Crippen molar-refractivity contribution in [3.63, 3.8) is 0 Å². The Bertz CT molecular complexity index is 875. The number of piperazine rings is 1. The number of aryl methyl sites for hydroxylation is 1. The molecule has 0 unspecified atom stereocenters. The number of nitrogens with zero attached hydrogens (tertiary/aromatic N) is 3. The fraction of sp³-hybridized carbons (Fsp3) is 0.476. The van der Waals surface area contributed by atoms with Crippen LogP contribution in [0.25, 0.3) is 11.3 Å². The monoisotopic (exact) mass is 400 g/mol. The minimum Gasteiger partial charge on any atom is -0.444 e. The minimum atomic E-state index is -0.608. The standard InChI is InChI=1S/C21H28N4O4/c1-14-23-17(19(22)26)18(28-14)16-7-5-15(6-8-16)13-24-9-11-25(12-10-24)20(27)29-21(2,3)4/h5-8H,9-13H2,1-4H3,(H2,22,26). The molecule has 29 heavy (non-hydrogen) atoms. The van der Waals surface area contributed by atoms with Crippen LogP contribution in [-0.4, -0.2) is 58.6 Å². The van der Waals surface area contributed by atoms with Crippen LogP contribution in [0.4, 0.5) is 4.79 Å². The molecule has 2 N–H and O–H groups in total. The molecule has 1 aliphatic heterocycles. The average molecular weight is 400 g/mol. The average Bonchev–Trinajstić information content (AvgIpc) is 3.04. The van der Waals surface area contributed by atoms with Crippen LogP contribution in [0.5, 0.6) is 0 Å². The van der Waals surface area contributed by atoms with Crippen molar-refractivity contribution in [2.24, 2.45) is 5.73 Å². The van der Waals surface area contributed by atoms with E-state index in [1.165, 1.54) is 0 Å². The van der Waals surface area contributed by atoms with Crippen LogP contribution in [-0.2, 0) is 11.3 Å². The van der Waals surface area contributed by atoms with E-state index in [-0.39, 0.29) is 11.8 Å². The van der Waals surface area contributed by atoms with Crippen LogP contribution in [0.1, 0.15) is 42.7 Å². The van der Waals surface area contributed by atoms with Crippen LogP contribution in [0.3, 0.4) is 0 Å². The molecule has 0 aliphatic carbocycles. The van der Waals surface area contributed by atoms with Crippen molar-refractivity contribution >= 4 is 12.0 Å². The summed E-state index contributed by atoms with van der Waals surface area (Å²) in [4.78, 5) is 31.8. The van der Waals surface area contributed by atoms with Crippen molar-refractivity contribution in [1.82, 2.24) is 14.8 Å². The fourth-order valence-corrected chi connectivity index (χ4v) is 3.22. The van der Waals surface area contributed by atoms with Gasteiger partial charge in [0.05, 0.1) is 0 Å². The molecule has 1 aromatic heterocycles. The summed E-state index contributed by atoms with van der Waals surface area (Å²) in [6.07, 6.45) is -0.255. The molecule has 8 heteroatoms. The Labute approximate surface area is 170 Å². The van der Waals surface area contributed by atoms with Crippen molar-refractivity contribution in [2.75, 3.05) is 26.2 Å². The number of hydrogen-bond donors (Lipinski definition) is 1. The molecule has 3 rings (SSSR count). The highest BCUT2D eigenvalue weighted by molar-refractivity contribution is 5.96. The van der Waals surface area contributed by atoms with Gasteiger partial charge < -0.3 is 19.8 Å². The van der Waals surface area contributed by atoms with Gasteiger partial charge in [0, 0.05) is 45.2 Å². The molecule has 8 nitrogen and oxygen atoms in total. The zero-order valence-corrected chi connectivity index (χ0v) is 17.4. The largest absolute Gasteiger partial charge is 0.444 e. The molecular weight excluding hydrogens is 372 g/mol. The lowest BCUT2D eigenvalue weighted by Crippen LogP contribution is -2.49. The molecule has 2 aromatic rings. The van der Waals surface area contributed by atoms with E-state index in [1.54, 1.807) is 11.8 Å². The summed E-state index contributed by atoms with van der Waals surface area (Å²) in [5.41, 5.74) is 6.94. The quantitative estimate of drug-likeness (QED) is 0.847. The molecule has 0 saturated carbocycles. The molecular formula is C21H28N4O4. The normalized spacial score (nSPS) is 15.4. The number of benzene rings is 1. The molecule has 0 spiro atoms. The number of rotatable bonds is 4. The fourth-order valence-electron chi connectivity index (χ4n) is 3.22. The number of carbonyl (C=O) groups excluding carboxylic acids is 2. The van der Waals surface area contributed by atoms with E-state index in [9.17, 15) is 9.59 Å². The van der Waals surface area contributed by atoms with Gasteiger partial charge in [0.25, 0.3) is 5.91 Å². The Kier molecular flexibility index (Phi) is 5.93. The molecule has 1 aliphatic rings. The predicted molar refractivity (Wildman–Crippen MR) is 108 cm³/mol. The first-order valence-corrected chi connectivity index (χ1v) is 9.69. The van der Waals surface area contributed by atoms with Crippen molar-refractivity contribution in [2.45, 2.75) is 39.8 Å². The maximum atomic E-state index is 12.2. The lowest BCUT2D eigenvalue weighted by Gasteiger charge is -2.35. The van der Waals surface area contributed by atoms with E-state index in [1.807, 2.05) is 45.0 Å². The topological polar surface area (TPSA) is 102 Å². The molecule has 0 bridgehead atoms. The molecule has 1 saturated heterocycles. The van der Waals surface area contributed by atoms with E-state index < -0.39 is 11.5 Å². The summed E-state index contributed by atoms with van der Waals surface area (Å²) in [5.74, 6) is 0.192. The van der Waals surface area contributed by atoms with Crippen LogP contribution < -0.4 is 5.73 Å². The van der Waals surface area contributed by atoms with E-state index >= 15 is 0 Å². The maximum absolute atomic E-state index is 12.2. The van der Waals surface area contributed by atoms with E-state index in [2.05, 4.69) is 9.88 Å². The lowest BCUT2D eigenvalue weighted by molar-refractivity contribution is 0.0139. The third-order valence-electron chi connectivity index (χ3n) is 4.61. The highest BCUT2D eigenvalue weighted by Gasteiger charge is 2.26. The van der Waals surface area contributed by atoms with Crippen molar-refractivity contribution in [1.29, 1.82) is 0 Å². The van der Waals surface area contributed by atoms with Gasteiger partial charge in [0.1, 0.15) is 5.60 Å². The third-order valence-corrected chi connectivity index (χ3v) is 4.61. The zero-order chi connectivity index (χ0) is 21.2. The molecule has 1 aromatic carbocycles. The number of hydrogen-bond acceptors (Lipinski definition) is 6. The van der Waals surface area contributed by atoms with Gasteiger partial charge in [-0.15, -0.1) is 0 Å². The van der Waals surface area contributed by atoms with Gasteiger partial charge in [0.2, 0.25) is 0 Å². The maximum Gasteiger partial charge on any atom is 0.410 e. The zero-order valence-electron chi connectivity index (χ0n) is 17.4. The predicted octanol–water partition coefficient (Wildman–Crippen LogP) is 2.80. The summed E-state index contributed by atoms with van der Waals surface area (Å²) in [6.45, 7) is 10.9. The smallest absolute Gasteiger partial charge is 0.410 e. The first-order valence-electron chi connectivity index (χ1n) is 9.69. The second kappa shape index (κ2) is 8.24. The summed E-state index contributed by atoms with van der Waals surface area (Å²) in [7, 11) is 0. The number of carbonyl (C=O) groups is 2. The van der Waals surface area contributed by atoms with Crippen LogP contribution in [0.2, 0.25) is 0 Å². The molecule has 0 radical (unpaired) electrons.